The predicted molar refractivity (Wildman–Crippen MR) is 46.9 cm³/mol. The second-order valence-corrected chi connectivity index (χ2v) is 2.66. The molecule has 0 aliphatic rings. The highest BCUT2D eigenvalue weighted by Gasteiger charge is 2.30. The van der Waals surface area contributed by atoms with Crippen molar-refractivity contribution in [3.05, 3.63) is 30.2 Å². The van der Waals surface area contributed by atoms with Gasteiger partial charge in [0.05, 0.1) is 19.2 Å². The Bertz CT molecular complexity index is 322. The number of hydrogen-bond donors (Lipinski definition) is 1. The Morgan fingerprint density at radius 3 is 2.50 bits per heavy atom. The third-order valence-electron chi connectivity index (χ3n) is 1.60. The van der Waals surface area contributed by atoms with E-state index in [-0.39, 0.29) is 23.4 Å². The molecular formula is C9H9F3NO. The molecule has 1 radical (unpaired) electrons. The van der Waals surface area contributed by atoms with Crippen LogP contribution in [-0.2, 0) is 0 Å². The summed E-state index contributed by atoms with van der Waals surface area (Å²) < 4.78 is 40.9. The molecule has 0 fully saturated rings. The second kappa shape index (κ2) is 3.77. The van der Waals surface area contributed by atoms with Crippen LogP contribution < -0.4 is 10.5 Å². The molecular weight excluding hydrogens is 195 g/mol. The van der Waals surface area contributed by atoms with Crippen molar-refractivity contribution in [1.82, 2.24) is 0 Å². The zero-order valence-corrected chi connectivity index (χ0v) is 7.43. The smallest absolute Gasteiger partial charge is 0.396 e. The number of ether oxygens (including phenoxy) is 1. The molecule has 2 nitrogen and oxygen atoms in total. The minimum Gasteiger partial charge on any atom is -0.494 e. The molecule has 1 aromatic carbocycles. The molecule has 0 saturated carbocycles. The van der Waals surface area contributed by atoms with E-state index in [1.807, 2.05) is 0 Å². The van der Waals surface area contributed by atoms with Crippen LogP contribution in [0.25, 0.3) is 0 Å². The highest BCUT2D eigenvalue weighted by Crippen LogP contribution is 2.32. The van der Waals surface area contributed by atoms with Gasteiger partial charge in [0.15, 0.2) is 0 Å². The first-order valence-electron chi connectivity index (χ1n) is 3.79. The minimum absolute atomic E-state index is 0.0461. The molecule has 0 amide bonds. The van der Waals surface area contributed by atoms with Gasteiger partial charge in [-0.15, -0.1) is 0 Å². The summed E-state index contributed by atoms with van der Waals surface area (Å²) in [6, 6.07) is 4.21. The molecule has 0 saturated heterocycles. The number of methoxy groups -OCH3 is 1. The maximum atomic E-state index is 12.0. The van der Waals surface area contributed by atoms with E-state index in [9.17, 15) is 13.2 Å². The summed E-state index contributed by atoms with van der Waals surface area (Å²) in [5, 5.41) is 0. The fraction of sp³-hybridized carbons (Fsp3) is 0.222. The summed E-state index contributed by atoms with van der Waals surface area (Å²) in [6.07, 6.45) is -4.22. The zero-order valence-electron chi connectivity index (χ0n) is 7.43. The van der Waals surface area contributed by atoms with E-state index >= 15 is 0 Å². The van der Waals surface area contributed by atoms with Gasteiger partial charge in [0.25, 0.3) is 0 Å². The Hall–Kier alpha value is -1.39. The van der Waals surface area contributed by atoms with Gasteiger partial charge in [-0.1, -0.05) is 12.1 Å². The van der Waals surface area contributed by atoms with Crippen molar-refractivity contribution in [3.63, 3.8) is 0 Å². The van der Waals surface area contributed by atoms with Crippen molar-refractivity contribution in [3.8, 4) is 5.75 Å². The molecule has 5 heteroatoms. The standard InChI is InChI=1S/C9H9F3NO/c1-14-8-6(5-9(10,11)12)3-2-4-7(8)13/h2-5H,13H2,1H3. The first kappa shape index (κ1) is 10.7. The van der Waals surface area contributed by atoms with Crippen molar-refractivity contribution < 1.29 is 17.9 Å². The number of nitrogen functional groups attached to an aromatic ring is 1. The number of rotatable bonds is 2. The van der Waals surface area contributed by atoms with Crippen molar-refractivity contribution in [2.45, 2.75) is 6.18 Å². The van der Waals surface area contributed by atoms with Crippen molar-refractivity contribution >= 4 is 5.69 Å². The molecule has 14 heavy (non-hydrogen) atoms. The van der Waals surface area contributed by atoms with Gasteiger partial charge in [0, 0.05) is 5.56 Å². The quantitative estimate of drug-likeness (QED) is 0.750. The highest BCUT2D eigenvalue weighted by molar-refractivity contribution is 5.59. The Morgan fingerprint density at radius 1 is 1.36 bits per heavy atom. The van der Waals surface area contributed by atoms with Gasteiger partial charge in [-0.05, 0) is 6.07 Å². The van der Waals surface area contributed by atoms with Crippen LogP contribution in [-0.4, -0.2) is 13.3 Å². The maximum absolute atomic E-state index is 12.0. The van der Waals surface area contributed by atoms with Crippen LogP contribution >= 0.6 is 0 Å². The van der Waals surface area contributed by atoms with Crippen molar-refractivity contribution in [2.24, 2.45) is 0 Å². The van der Waals surface area contributed by atoms with E-state index in [0.29, 0.717) is 0 Å². The summed E-state index contributed by atoms with van der Waals surface area (Å²) >= 11 is 0. The summed E-state index contributed by atoms with van der Waals surface area (Å²) in [4.78, 5) is 0. The van der Waals surface area contributed by atoms with E-state index in [4.69, 9.17) is 10.5 Å². The lowest BCUT2D eigenvalue weighted by Crippen LogP contribution is -2.10. The third-order valence-corrected chi connectivity index (χ3v) is 1.60. The number of alkyl halides is 3. The molecule has 2 N–H and O–H groups in total. The molecule has 77 valence electrons. The molecule has 0 aliphatic heterocycles. The Kier molecular flexibility index (Phi) is 2.88. The van der Waals surface area contributed by atoms with Crippen LogP contribution in [0, 0.1) is 6.42 Å². The van der Waals surface area contributed by atoms with Gasteiger partial charge >= 0.3 is 6.18 Å². The van der Waals surface area contributed by atoms with Gasteiger partial charge < -0.3 is 10.5 Å². The minimum atomic E-state index is -4.37. The van der Waals surface area contributed by atoms with Crippen LogP contribution in [0.2, 0.25) is 0 Å². The number of benzene rings is 1. The lowest BCUT2D eigenvalue weighted by molar-refractivity contribution is -0.0929. The SMILES string of the molecule is COc1c(N)cccc1[CH]C(F)(F)F. The number of halogens is 3. The summed E-state index contributed by atoms with van der Waals surface area (Å²) in [7, 11) is 1.28. The topological polar surface area (TPSA) is 35.2 Å². The monoisotopic (exact) mass is 204 g/mol. The average molecular weight is 204 g/mol. The Balaban J connectivity index is 3.02. The Morgan fingerprint density at radius 2 is 2.00 bits per heavy atom. The van der Waals surface area contributed by atoms with Gasteiger partial charge in [0.1, 0.15) is 5.75 Å². The number of nitrogens with two attached hydrogens (primary N) is 1. The molecule has 1 aromatic rings. The van der Waals surface area contributed by atoms with Crippen LogP contribution in [0.4, 0.5) is 18.9 Å². The van der Waals surface area contributed by atoms with E-state index in [2.05, 4.69) is 0 Å². The van der Waals surface area contributed by atoms with Crippen LogP contribution in [0.1, 0.15) is 5.56 Å². The zero-order chi connectivity index (χ0) is 10.8. The first-order valence-corrected chi connectivity index (χ1v) is 3.79. The third kappa shape index (κ3) is 2.55. The van der Waals surface area contributed by atoms with Crippen molar-refractivity contribution in [1.29, 1.82) is 0 Å². The van der Waals surface area contributed by atoms with E-state index in [1.165, 1.54) is 25.3 Å². The van der Waals surface area contributed by atoms with Crippen LogP contribution in [0.5, 0.6) is 5.75 Å². The summed E-state index contributed by atoms with van der Waals surface area (Å²) in [5.41, 5.74) is 5.55. The lowest BCUT2D eigenvalue weighted by Gasteiger charge is -2.11. The normalized spacial score (nSPS) is 11.4. The fourth-order valence-electron chi connectivity index (χ4n) is 1.10. The van der Waals surface area contributed by atoms with Crippen molar-refractivity contribution in [2.75, 3.05) is 12.8 Å². The van der Waals surface area contributed by atoms with E-state index in [0.717, 1.165) is 0 Å². The molecule has 1 rings (SSSR count). The predicted octanol–water partition coefficient (Wildman–Crippen LogP) is 2.39. The first-order chi connectivity index (χ1) is 6.44. The van der Waals surface area contributed by atoms with Gasteiger partial charge in [-0.25, -0.2) is 0 Å². The fourth-order valence-corrected chi connectivity index (χ4v) is 1.10. The van der Waals surface area contributed by atoms with E-state index in [1.54, 1.807) is 0 Å². The summed E-state index contributed by atoms with van der Waals surface area (Å²) in [5.74, 6) is 0.0461. The molecule has 0 bridgehead atoms. The molecule has 0 aromatic heterocycles. The largest absolute Gasteiger partial charge is 0.494 e. The molecule has 0 unspecified atom stereocenters. The van der Waals surface area contributed by atoms with Gasteiger partial charge in [-0.2, -0.15) is 13.2 Å². The number of anilines is 1. The highest BCUT2D eigenvalue weighted by atomic mass is 19.4. The van der Waals surface area contributed by atoms with Crippen LogP contribution in [0.15, 0.2) is 18.2 Å². The van der Waals surface area contributed by atoms with Gasteiger partial charge in [0.2, 0.25) is 0 Å². The molecule has 0 heterocycles. The second-order valence-electron chi connectivity index (χ2n) is 2.66. The Labute approximate surface area is 79.5 Å². The lowest BCUT2D eigenvalue weighted by atomic mass is 10.1. The average Bonchev–Trinajstić information content (AvgIpc) is 2.01. The number of para-hydroxylation sites is 1. The summed E-state index contributed by atoms with van der Waals surface area (Å²) in [6.45, 7) is 0. The van der Waals surface area contributed by atoms with Crippen LogP contribution in [0.3, 0.4) is 0 Å². The molecule has 0 aliphatic carbocycles. The van der Waals surface area contributed by atoms with Gasteiger partial charge in [-0.3, -0.25) is 0 Å². The van der Waals surface area contributed by atoms with E-state index < -0.39 is 6.18 Å². The molecule has 0 spiro atoms. The molecule has 0 atom stereocenters. The number of hydrogen-bond acceptors (Lipinski definition) is 2. The maximum Gasteiger partial charge on any atom is 0.396 e.